The van der Waals surface area contributed by atoms with E-state index >= 15 is 4.79 Å². The molecule has 6 bridgehead atoms. The molecule has 348 valence electrons. The highest BCUT2D eigenvalue weighted by Gasteiger charge is 2.85. The highest BCUT2D eigenvalue weighted by molar-refractivity contribution is 7.10. The number of carbonyl (C=O) groups excluding carboxylic acids is 4. The summed E-state index contributed by atoms with van der Waals surface area (Å²) in [6, 6.07) is 8.12. The average molecular weight is 910 g/mol. The average Bonchev–Trinajstić information content (AvgIpc) is 4.08. The Labute approximate surface area is 384 Å². The first kappa shape index (κ1) is 45.2. The molecule has 4 amide bonds. The van der Waals surface area contributed by atoms with Crippen LogP contribution in [-0.2, 0) is 48.0 Å². The Morgan fingerprint density at radius 1 is 1.11 bits per heavy atom. The van der Waals surface area contributed by atoms with Crippen LogP contribution >= 0.6 is 11.3 Å². The van der Waals surface area contributed by atoms with Gasteiger partial charge in [-0.05, 0) is 75.3 Å². The van der Waals surface area contributed by atoms with Crippen LogP contribution in [0.1, 0.15) is 83.2 Å². The topological polar surface area (TPSA) is 169 Å². The molecule has 16 nitrogen and oxygen atoms in total. The predicted molar refractivity (Wildman–Crippen MR) is 246 cm³/mol. The molecule has 1 aliphatic carbocycles. The number of hydrogen-bond acceptors (Lipinski definition) is 12. The van der Waals surface area contributed by atoms with Gasteiger partial charge in [-0.3, -0.25) is 29.4 Å². The van der Waals surface area contributed by atoms with Crippen molar-refractivity contribution in [2.45, 2.75) is 110 Å². The third kappa shape index (κ3) is 7.90. The third-order valence-corrected chi connectivity index (χ3v) is 15.3. The third-order valence-electron chi connectivity index (χ3n) is 14.4. The standard InChI is InChI=1S/C48H63N9O7S/c1-9-54-36-15-14-30-22-32(36)33(42(54)31-12-10-16-50-40(31)29(4)62-8)24-47(5,6)27-64-45(60)34-13-11-17-55(57-38-25-48(34,38)57)43(58)37(23-39-51-35(30)26-65-39)56(49)44(59)41(28(2)3)52(7)46(61)53-18-20-63-21-19-53/h10,12,14-16,22,26,28-29,34,37-38,41H,9,11,13,17-21,23-25,27,49H2,1-8H3/t29-,34-,37-,38?,41-,48?,57?/m0/s1. The van der Waals surface area contributed by atoms with E-state index in [1.54, 1.807) is 30.3 Å². The van der Waals surface area contributed by atoms with Crippen LogP contribution in [0.5, 0.6) is 0 Å². The second-order valence-electron chi connectivity index (χ2n) is 19.6. The molecule has 17 heteroatoms. The number of nitrogens with zero attached hydrogens (tertiary/aromatic N) is 8. The second-order valence-corrected chi connectivity index (χ2v) is 20.5. The number of amides is 4. The molecule has 0 radical (unpaired) electrons. The van der Waals surface area contributed by atoms with Crippen molar-refractivity contribution in [3.05, 3.63) is 58.2 Å². The van der Waals surface area contributed by atoms with Crippen LogP contribution in [0.15, 0.2) is 41.9 Å². The highest BCUT2D eigenvalue weighted by atomic mass is 32.1. The van der Waals surface area contributed by atoms with E-state index in [1.807, 2.05) is 37.2 Å². The fourth-order valence-corrected chi connectivity index (χ4v) is 11.7. The molecule has 7 atom stereocenters. The van der Waals surface area contributed by atoms with Gasteiger partial charge in [0.2, 0.25) is 0 Å². The molecule has 9 rings (SSSR count). The Balaban J connectivity index is 1.14. The molecule has 4 fully saturated rings. The quantitative estimate of drug-likeness (QED) is 0.0760. The van der Waals surface area contributed by atoms with Crippen LogP contribution < -0.4 is 5.84 Å². The summed E-state index contributed by atoms with van der Waals surface area (Å²) in [5.74, 6) is 5.07. The molecule has 1 aromatic carbocycles. The molecule has 4 aliphatic heterocycles. The highest BCUT2D eigenvalue weighted by Crippen LogP contribution is 2.69. The van der Waals surface area contributed by atoms with Crippen LogP contribution in [-0.4, -0.2) is 140 Å². The first-order valence-corrected chi connectivity index (χ1v) is 24.0. The van der Waals surface area contributed by atoms with Crippen molar-refractivity contribution in [1.82, 2.24) is 39.4 Å². The number of aryl methyl sites for hydroxylation is 1. The van der Waals surface area contributed by atoms with Gasteiger partial charge in [0.05, 0.1) is 65.5 Å². The summed E-state index contributed by atoms with van der Waals surface area (Å²) in [6.07, 6.45) is 4.15. The summed E-state index contributed by atoms with van der Waals surface area (Å²) in [5.41, 5.74) is 5.74. The monoisotopic (exact) mass is 909 g/mol. The molecule has 7 heterocycles. The fourth-order valence-electron chi connectivity index (χ4n) is 10.8. The molecular formula is C48H63N9O7S. The van der Waals surface area contributed by atoms with Gasteiger partial charge in [-0.2, -0.15) is 0 Å². The lowest BCUT2D eigenvalue weighted by Gasteiger charge is -2.39. The molecule has 3 saturated heterocycles. The molecule has 1 spiro atoms. The maximum Gasteiger partial charge on any atom is 0.320 e. The Morgan fingerprint density at radius 3 is 2.58 bits per heavy atom. The number of morpholine rings is 1. The van der Waals surface area contributed by atoms with Gasteiger partial charge >= 0.3 is 12.0 Å². The van der Waals surface area contributed by atoms with Gasteiger partial charge in [-0.1, -0.05) is 33.8 Å². The van der Waals surface area contributed by atoms with E-state index in [-0.39, 0.29) is 49.0 Å². The first-order chi connectivity index (χ1) is 31.1. The summed E-state index contributed by atoms with van der Waals surface area (Å²) >= 11 is 1.42. The Bertz CT molecular complexity index is 2500. The van der Waals surface area contributed by atoms with Crippen molar-refractivity contribution in [3.8, 4) is 22.5 Å². The number of hydrazine groups is 2. The molecule has 2 N–H and O–H groups in total. The number of cyclic esters (lactones) is 1. The predicted octanol–water partition coefficient (Wildman–Crippen LogP) is 5.68. The summed E-state index contributed by atoms with van der Waals surface area (Å²) in [7, 11) is 3.31. The number of rotatable bonds is 8. The largest absolute Gasteiger partial charge is 0.465 e. The van der Waals surface area contributed by atoms with E-state index in [9.17, 15) is 14.4 Å². The summed E-state index contributed by atoms with van der Waals surface area (Å²) in [4.78, 5) is 71.0. The van der Waals surface area contributed by atoms with E-state index in [1.165, 1.54) is 16.2 Å². The minimum Gasteiger partial charge on any atom is -0.465 e. The molecule has 3 unspecified atom stereocenters. The van der Waals surface area contributed by atoms with Gasteiger partial charge in [-0.15, -0.1) is 11.3 Å². The maximum absolute atomic E-state index is 15.1. The van der Waals surface area contributed by atoms with E-state index < -0.39 is 34.9 Å². The summed E-state index contributed by atoms with van der Waals surface area (Å²) < 4.78 is 20.0. The van der Waals surface area contributed by atoms with Gasteiger partial charge in [0, 0.05) is 85.8 Å². The number of methoxy groups -OCH3 is 1. The number of thiazole rings is 1. The zero-order valence-corrected chi connectivity index (χ0v) is 39.7. The van der Waals surface area contributed by atoms with Crippen LogP contribution in [0.2, 0.25) is 0 Å². The Morgan fingerprint density at radius 2 is 1.88 bits per heavy atom. The van der Waals surface area contributed by atoms with Crippen molar-refractivity contribution in [1.29, 1.82) is 0 Å². The molecule has 5 aliphatic rings. The van der Waals surface area contributed by atoms with Gasteiger partial charge in [0.25, 0.3) is 11.8 Å². The number of likely N-dealkylation sites (N-methyl/N-ethyl adjacent to an activating group) is 1. The number of aromatic nitrogens is 3. The zero-order chi connectivity index (χ0) is 46.1. The number of benzene rings is 1. The SMILES string of the molecule is CCn1c(-c2cccnc2[C@H](C)OC)c2c3cc(ccc31)-c1csc(n1)C[C@H](N(N)C(=O)[C@H](C(C)C)N(C)C(=O)N1CCOCC1)C(=O)N1CCC[C@@H](C(=O)OCC(C)(C)C2)C23CC2N13. The van der Waals surface area contributed by atoms with Crippen molar-refractivity contribution in [2.24, 2.45) is 23.1 Å². The second kappa shape index (κ2) is 17.4. The number of hydrogen-bond donors (Lipinski definition) is 1. The number of urea groups is 1. The molecule has 65 heavy (non-hydrogen) atoms. The molecular weight excluding hydrogens is 847 g/mol. The van der Waals surface area contributed by atoms with E-state index in [0.717, 1.165) is 56.1 Å². The smallest absolute Gasteiger partial charge is 0.320 e. The summed E-state index contributed by atoms with van der Waals surface area (Å²) in [6.45, 7) is 15.1. The van der Waals surface area contributed by atoms with Crippen molar-refractivity contribution in [3.63, 3.8) is 0 Å². The molecule has 1 saturated carbocycles. The van der Waals surface area contributed by atoms with Gasteiger partial charge in [-0.25, -0.2) is 20.6 Å². The van der Waals surface area contributed by atoms with E-state index in [4.69, 9.17) is 30.0 Å². The van der Waals surface area contributed by atoms with Crippen molar-refractivity contribution < 1.29 is 33.4 Å². The van der Waals surface area contributed by atoms with Crippen molar-refractivity contribution >= 4 is 46.1 Å². The van der Waals surface area contributed by atoms with Crippen LogP contribution in [0, 0.1) is 17.3 Å². The number of ether oxygens (including phenoxy) is 3. The maximum atomic E-state index is 15.1. The zero-order valence-electron chi connectivity index (χ0n) is 38.9. The van der Waals surface area contributed by atoms with E-state index in [0.29, 0.717) is 63.7 Å². The number of esters is 1. The lowest BCUT2D eigenvalue weighted by atomic mass is 9.84. The molecule has 3 aromatic heterocycles. The molecule has 4 aromatic rings. The lowest BCUT2D eigenvalue weighted by Crippen LogP contribution is -2.63. The van der Waals surface area contributed by atoms with Crippen molar-refractivity contribution in [2.75, 3.05) is 53.6 Å². The number of pyridine rings is 1. The minimum atomic E-state index is -1.14. The fraction of sp³-hybridized carbons (Fsp3) is 0.583. The minimum absolute atomic E-state index is 0.0236. The van der Waals surface area contributed by atoms with Crippen LogP contribution in [0.4, 0.5) is 4.79 Å². The van der Waals surface area contributed by atoms with Gasteiger partial charge in [0.15, 0.2) is 0 Å². The van der Waals surface area contributed by atoms with E-state index in [2.05, 4.69) is 49.6 Å². The Hall–Kier alpha value is -4.94. The Kier molecular flexibility index (Phi) is 12.1. The number of fused-ring (bicyclic) bond motifs is 4. The summed E-state index contributed by atoms with van der Waals surface area (Å²) in [5, 5.41) is 8.51. The first-order valence-electron chi connectivity index (χ1n) is 23.1. The van der Waals surface area contributed by atoms with Crippen LogP contribution in [0.25, 0.3) is 33.4 Å². The lowest BCUT2D eigenvalue weighted by molar-refractivity contribution is -0.160. The number of carbonyl (C=O) groups is 4. The van der Waals surface area contributed by atoms with Gasteiger partial charge in [0.1, 0.15) is 12.1 Å². The normalized spacial score (nSPS) is 26.1. The number of nitrogens with two attached hydrogens (primary N) is 1. The van der Waals surface area contributed by atoms with Crippen LogP contribution in [0.3, 0.4) is 0 Å². The van der Waals surface area contributed by atoms with Gasteiger partial charge < -0.3 is 28.6 Å².